The molecule has 0 aliphatic rings. The zero-order chi connectivity index (χ0) is 17.6. The second kappa shape index (κ2) is 8.41. The lowest BCUT2D eigenvalue weighted by Gasteiger charge is -2.17. The summed E-state index contributed by atoms with van der Waals surface area (Å²) in [6.45, 7) is 8.37. The van der Waals surface area contributed by atoms with Crippen LogP contribution in [-0.4, -0.2) is 31.1 Å². The first-order valence-corrected chi connectivity index (χ1v) is 9.22. The summed E-state index contributed by atoms with van der Waals surface area (Å²) in [5.74, 6) is 1.73. The van der Waals surface area contributed by atoms with Gasteiger partial charge in [-0.3, -0.25) is 0 Å². The number of halogens is 1. The average molecular weight is 358 g/mol. The lowest BCUT2D eigenvalue weighted by atomic mass is 10.1. The molecule has 4 heteroatoms. The van der Waals surface area contributed by atoms with Gasteiger partial charge < -0.3 is 14.1 Å². The number of ether oxygens (including phenoxy) is 1. The van der Waals surface area contributed by atoms with Crippen LogP contribution < -0.4 is 4.74 Å². The lowest BCUT2D eigenvalue weighted by molar-refractivity contribution is 0.249. The van der Waals surface area contributed by atoms with Crippen molar-refractivity contribution in [3.63, 3.8) is 0 Å². The van der Waals surface area contributed by atoms with Crippen LogP contribution in [0.4, 0.5) is 0 Å². The van der Waals surface area contributed by atoms with E-state index in [-0.39, 0.29) is 0 Å². The van der Waals surface area contributed by atoms with E-state index in [1.54, 1.807) is 0 Å². The van der Waals surface area contributed by atoms with E-state index >= 15 is 0 Å². The van der Waals surface area contributed by atoms with Crippen molar-refractivity contribution in [1.82, 2.24) is 4.90 Å². The summed E-state index contributed by atoms with van der Waals surface area (Å²) >= 11 is 6.03. The molecule has 0 saturated carbocycles. The van der Waals surface area contributed by atoms with Gasteiger partial charge in [0.2, 0.25) is 0 Å². The van der Waals surface area contributed by atoms with Crippen molar-refractivity contribution in [2.45, 2.75) is 20.3 Å². The number of benzene rings is 2. The summed E-state index contributed by atoms with van der Waals surface area (Å²) in [5.41, 5.74) is 1.87. The number of fused-ring (bicyclic) bond motifs is 1. The minimum Gasteiger partial charge on any atom is -0.494 e. The zero-order valence-corrected chi connectivity index (χ0v) is 15.6. The van der Waals surface area contributed by atoms with E-state index in [4.69, 9.17) is 20.8 Å². The van der Waals surface area contributed by atoms with E-state index in [1.165, 1.54) is 0 Å². The molecule has 1 heterocycles. The van der Waals surface area contributed by atoms with Crippen LogP contribution in [0.1, 0.15) is 20.3 Å². The average Bonchev–Trinajstić information content (AvgIpc) is 3.05. The molecule has 25 heavy (non-hydrogen) atoms. The van der Waals surface area contributed by atoms with Crippen LogP contribution in [-0.2, 0) is 0 Å². The van der Waals surface area contributed by atoms with Crippen LogP contribution in [0, 0.1) is 0 Å². The molecule has 0 saturated heterocycles. The van der Waals surface area contributed by atoms with E-state index < -0.39 is 0 Å². The minimum atomic E-state index is 0.716. The Morgan fingerprint density at radius 2 is 1.76 bits per heavy atom. The van der Waals surface area contributed by atoms with Crippen LogP contribution in [0.2, 0.25) is 5.02 Å². The number of hydrogen-bond acceptors (Lipinski definition) is 3. The molecule has 0 unspecified atom stereocenters. The van der Waals surface area contributed by atoms with Gasteiger partial charge in [-0.2, -0.15) is 0 Å². The lowest BCUT2D eigenvalue weighted by Crippen LogP contribution is -2.25. The highest BCUT2D eigenvalue weighted by atomic mass is 35.5. The van der Waals surface area contributed by atoms with Crippen molar-refractivity contribution >= 4 is 22.6 Å². The van der Waals surface area contributed by atoms with E-state index in [2.05, 4.69) is 18.7 Å². The number of furan rings is 1. The molecule has 132 valence electrons. The molecule has 3 nitrogen and oxygen atoms in total. The summed E-state index contributed by atoms with van der Waals surface area (Å²) in [7, 11) is 0. The highest BCUT2D eigenvalue weighted by Gasteiger charge is 2.07. The maximum Gasteiger partial charge on any atom is 0.135 e. The van der Waals surface area contributed by atoms with Crippen LogP contribution >= 0.6 is 11.6 Å². The maximum absolute atomic E-state index is 6.03. The summed E-state index contributed by atoms with van der Waals surface area (Å²) in [4.78, 5) is 2.40. The summed E-state index contributed by atoms with van der Waals surface area (Å²) < 4.78 is 11.7. The first-order valence-electron chi connectivity index (χ1n) is 8.84. The molecule has 0 spiro atoms. The minimum absolute atomic E-state index is 0.716. The van der Waals surface area contributed by atoms with Crippen molar-refractivity contribution in [3.05, 3.63) is 53.6 Å². The first-order chi connectivity index (χ1) is 12.2. The van der Waals surface area contributed by atoms with Crippen LogP contribution in [0.3, 0.4) is 0 Å². The number of nitrogens with zero attached hydrogens (tertiary/aromatic N) is 1. The Morgan fingerprint density at radius 3 is 2.48 bits per heavy atom. The molecule has 0 aliphatic carbocycles. The van der Waals surface area contributed by atoms with Gasteiger partial charge in [0, 0.05) is 22.5 Å². The quantitative estimate of drug-likeness (QED) is 0.472. The van der Waals surface area contributed by atoms with Gasteiger partial charge in [-0.05, 0) is 68.0 Å². The zero-order valence-electron chi connectivity index (χ0n) is 14.8. The predicted molar refractivity (Wildman–Crippen MR) is 105 cm³/mol. The molecule has 0 radical (unpaired) electrons. The van der Waals surface area contributed by atoms with Gasteiger partial charge in [-0.15, -0.1) is 0 Å². The van der Waals surface area contributed by atoms with E-state index in [9.17, 15) is 0 Å². The molecule has 0 N–H and O–H groups in total. The molecule has 3 aromatic rings. The summed E-state index contributed by atoms with van der Waals surface area (Å²) in [6, 6.07) is 15.7. The molecule has 0 amide bonds. The molecule has 0 bridgehead atoms. The second-order valence-corrected chi connectivity index (χ2v) is 6.48. The van der Waals surface area contributed by atoms with Gasteiger partial charge in [0.1, 0.15) is 17.1 Å². The molecular formula is C21H24ClNO2. The highest BCUT2D eigenvalue weighted by Crippen LogP contribution is 2.30. The van der Waals surface area contributed by atoms with Gasteiger partial charge in [0.25, 0.3) is 0 Å². The smallest absolute Gasteiger partial charge is 0.135 e. The van der Waals surface area contributed by atoms with Crippen LogP contribution in [0.5, 0.6) is 5.75 Å². The molecule has 1 aromatic heterocycles. The van der Waals surface area contributed by atoms with Crippen molar-refractivity contribution < 1.29 is 9.15 Å². The van der Waals surface area contributed by atoms with E-state index in [1.807, 2.05) is 48.5 Å². The fourth-order valence-electron chi connectivity index (χ4n) is 2.89. The third-order valence-corrected chi connectivity index (χ3v) is 4.63. The Bertz CT molecular complexity index is 806. The van der Waals surface area contributed by atoms with Crippen molar-refractivity contribution in [3.8, 4) is 17.1 Å². The van der Waals surface area contributed by atoms with Gasteiger partial charge in [-0.25, -0.2) is 0 Å². The Morgan fingerprint density at radius 1 is 1.00 bits per heavy atom. The Hall–Kier alpha value is -1.97. The fraction of sp³-hybridized carbons (Fsp3) is 0.333. The first kappa shape index (κ1) is 17.8. The molecule has 3 rings (SSSR count). The Balaban J connectivity index is 1.59. The summed E-state index contributed by atoms with van der Waals surface area (Å²) in [5, 5.41) is 1.73. The van der Waals surface area contributed by atoms with Crippen molar-refractivity contribution in [2.24, 2.45) is 0 Å². The SMILES string of the molecule is CCN(CC)CCCOc1ccc(-c2cc3cc(Cl)ccc3o2)cc1. The third kappa shape index (κ3) is 4.56. The van der Waals surface area contributed by atoms with Gasteiger partial charge in [0.15, 0.2) is 0 Å². The number of hydrogen-bond donors (Lipinski definition) is 0. The van der Waals surface area contributed by atoms with Crippen molar-refractivity contribution in [1.29, 1.82) is 0 Å². The monoisotopic (exact) mass is 357 g/mol. The Labute approximate surface area is 154 Å². The maximum atomic E-state index is 6.03. The predicted octanol–water partition coefficient (Wildman–Crippen LogP) is 5.86. The molecule has 0 atom stereocenters. The summed E-state index contributed by atoms with van der Waals surface area (Å²) in [6.07, 6.45) is 1.04. The van der Waals surface area contributed by atoms with Crippen LogP contribution in [0.25, 0.3) is 22.3 Å². The topological polar surface area (TPSA) is 25.6 Å². The van der Waals surface area contributed by atoms with Crippen molar-refractivity contribution in [2.75, 3.05) is 26.2 Å². The molecule has 0 fully saturated rings. The van der Waals surface area contributed by atoms with Gasteiger partial charge in [-0.1, -0.05) is 25.4 Å². The highest BCUT2D eigenvalue weighted by molar-refractivity contribution is 6.31. The Kier molecular flexibility index (Phi) is 6.00. The molecule has 0 aliphatic heterocycles. The largest absolute Gasteiger partial charge is 0.494 e. The third-order valence-electron chi connectivity index (χ3n) is 4.40. The second-order valence-electron chi connectivity index (χ2n) is 6.05. The normalized spacial score (nSPS) is 11.4. The number of rotatable bonds is 8. The fourth-order valence-corrected chi connectivity index (χ4v) is 3.07. The molecule has 2 aromatic carbocycles. The van der Waals surface area contributed by atoms with Crippen LogP contribution in [0.15, 0.2) is 52.9 Å². The van der Waals surface area contributed by atoms with E-state index in [0.717, 1.165) is 60.7 Å². The molecular weight excluding hydrogens is 334 g/mol. The van der Waals surface area contributed by atoms with Gasteiger partial charge >= 0.3 is 0 Å². The van der Waals surface area contributed by atoms with Gasteiger partial charge in [0.05, 0.1) is 6.61 Å². The van der Waals surface area contributed by atoms with E-state index in [0.29, 0.717) is 5.02 Å². The standard InChI is InChI=1S/C21H24ClNO2/c1-3-23(4-2)12-5-13-24-19-9-6-16(7-10-19)21-15-17-14-18(22)8-11-20(17)25-21/h6-11,14-15H,3-5,12-13H2,1-2H3.